The molecule has 0 amide bonds. The van der Waals surface area contributed by atoms with Crippen LogP contribution in [0.2, 0.25) is 0 Å². The summed E-state index contributed by atoms with van der Waals surface area (Å²) < 4.78 is 0. The third-order valence-electron chi connectivity index (χ3n) is 1.25. The van der Waals surface area contributed by atoms with E-state index in [1.807, 2.05) is 19.2 Å². The molecule has 2 N–H and O–H groups in total. The maximum atomic E-state index is 5.49. The molecule has 0 aliphatic rings. The Balaban J connectivity index is 2.72. The number of hydrogen-bond donors (Lipinski definition) is 1. The Morgan fingerprint density at radius 2 is 2.25 bits per heavy atom. The van der Waals surface area contributed by atoms with Gasteiger partial charge in [-0.15, -0.1) is 0 Å². The van der Waals surface area contributed by atoms with Crippen molar-refractivity contribution in [3.63, 3.8) is 0 Å². The molecule has 3 nitrogen and oxygen atoms in total. The van der Waals surface area contributed by atoms with Crippen molar-refractivity contribution in [2.75, 3.05) is 12.0 Å². The molecule has 0 spiro atoms. The Morgan fingerprint density at radius 3 is 2.83 bits per heavy atom. The zero-order chi connectivity index (χ0) is 8.97. The molecule has 0 bridgehead atoms. The molecule has 0 aromatic carbocycles. The minimum Gasteiger partial charge on any atom is -0.368 e. The van der Waals surface area contributed by atoms with E-state index in [4.69, 9.17) is 5.73 Å². The lowest BCUT2D eigenvalue weighted by Crippen LogP contribution is -1.99. The van der Waals surface area contributed by atoms with E-state index in [0.717, 1.165) is 17.1 Å². The molecule has 66 valence electrons. The summed E-state index contributed by atoms with van der Waals surface area (Å²) in [6, 6.07) is 1.96. The molecule has 0 fully saturated rings. The van der Waals surface area contributed by atoms with Gasteiger partial charge in [-0.1, -0.05) is 21.6 Å². The normalized spacial score (nSPS) is 10.2. The zero-order valence-electron chi connectivity index (χ0n) is 7.07. The number of rotatable bonds is 3. The molecule has 12 heavy (non-hydrogen) atoms. The van der Waals surface area contributed by atoms with Crippen molar-refractivity contribution in [3.05, 3.63) is 17.5 Å². The molecule has 1 heterocycles. The van der Waals surface area contributed by atoms with E-state index in [9.17, 15) is 0 Å². The molecule has 0 aliphatic heterocycles. The SMILES string of the molecule is CSSCc1cc(C)nc(N)n1. The average molecular weight is 201 g/mol. The maximum Gasteiger partial charge on any atom is 0.220 e. The van der Waals surface area contributed by atoms with Gasteiger partial charge in [0.05, 0.1) is 5.69 Å². The van der Waals surface area contributed by atoms with Crippen LogP contribution in [0.25, 0.3) is 0 Å². The van der Waals surface area contributed by atoms with E-state index in [2.05, 4.69) is 9.97 Å². The van der Waals surface area contributed by atoms with Gasteiger partial charge in [0.2, 0.25) is 5.95 Å². The molecule has 1 aromatic rings. The summed E-state index contributed by atoms with van der Waals surface area (Å²) in [6.07, 6.45) is 2.04. The summed E-state index contributed by atoms with van der Waals surface area (Å²) in [5.74, 6) is 1.25. The minimum absolute atomic E-state index is 0.367. The van der Waals surface area contributed by atoms with Crippen LogP contribution in [0.3, 0.4) is 0 Å². The van der Waals surface area contributed by atoms with Crippen LogP contribution in [0.5, 0.6) is 0 Å². The topological polar surface area (TPSA) is 51.8 Å². The summed E-state index contributed by atoms with van der Waals surface area (Å²) in [4.78, 5) is 8.10. The van der Waals surface area contributed by atoms with Gasteiger partial charge in [-0.25, -0.2) is 9.97 Å². The fourth-order valence-corrected chi connectivity index (χ4v) is 1.95. The summed E-state index contributed by atoms with van der Waals surface area (Å²) in [5, 5.41) is 0. The highest BCUT2D eigenvalue weighted by Crippen LogP contribution is 2.21. The van der Waals surface area contributed by atoms with Gasteiger partial charge in [-0.05, 0) is 19.2 Å². The molecule has 0 saturated heterocycles. The maximum absolute atomic E-state index is 5.49. The van der Waals surface area contributed by atoms with Crippen molar-refractivity contribution in [3.8, 4) is 0 Å². The minimum atomic E-state index is 0.367. The van der Waals surface area contributed by atoms with Gasteiger partial charge >= 0.3 is 0 Å². The first-order valence-electron chi connectivity index (χ1n) is 3.48. The predicted octanol–water partition coefficient (Wildman–Crippen LogP) is 1.88. The van der Waals surface area contributed by atoms with Crippen molar-refractivity contribution in [2.45, 2.75) is 12.7 Å². The molecule has 5 heteroatoms. The predicted molar refractivity (Wildman–Crippen MR) is 56.0 cm³/mol. The van der Waals surface area contributed by atoms with Crippen LogP contribution in [0.1, 0.15) is 11.4 Å². The molecule has 0 radical (unpaired) electrons. The van der Waals surface area contributed by atoms with E-state index >= 15 is 0 Å². The van der Waals surface area contributed by atoms with Crippen LogP contribution in [-0.4, -0.2) is 16.2 Å². The number of aryl methyl sites for hydroxylation is 1. The van der Waals surface area contributed by atoms with Crippen LogP contribution in [0, 0.1) is 6.92 Å². The molecule has 1 aromatic heterocycles. The second-order valence-electron chi connectivity index (χ2n) is 2.29. The van der Waals surface area contributed by atoms with E-state index in [0.29, 0.717) is 5.95 Å². The van der Waals surface area contributed by atoms with Gasteiger partial charge in [0.15, 0.2) is 0 Å². The first kappa shape index (κ1) is 9.67. The van der Waals surface area contributed by atoms with Crippen LogP contribution >= 0.6 is 21.6 Å². The smallest absolute Gasteiger partial charge is 0.220 e. The van der Waals surface area contributed by atoms with Gasteiger partial charge in [-0.2, -0.15) is 0 Å². The Labute approximate surface area is 80.0 Å². The summed E-state index contributed by atoms with van der Waals surface area (Å²) in [6.45, 7) is 1.92. The molecule has 0 unspecified atom stereocenters. The van der Waals surface area contributed by atoms with E-state index in [-0.39, 0.29) is 0 Å². The van der Waals surface area contributed by atoms with Crippen molar-refractivity contribution in [1.82, 2.24) is 9.97 Å². The van der Waals surface area contributed by atoms with Crippen molar-refractivity contribution in [1.29, 1.82) is 0 Å². The Kier molecular flexibility index (Phi) is 3.68. The molecular weight excluding hydrogens is 190 g/mol. The van der Waals surface area contributed by atoms with E-state index in [1.165, 1.54) is 0 Å². The molecule has 0 saturated carbocycles. The quantitative estimate of drug-likeness (QED) is 0.757. The number of anilines is 1. The zero-order valence-corrected chi connectivity index (χ0v) is 8.71. The number of hydrogen-bond acceptors (Lipinski definition) is 5. The van der Waals surface area contributed by atoms with Gasteiger partial charge in [0.1, 0.15) is 0 Å². The lowest BCUT2D eigenvalue weighted by molar-refractivity contribution is 1.06. The number of nitrogens with zero attached hydrogens (tertiary/aromatic N) is 2. The third kappa shape index (κ3) is 2.91. The fourth-order valence-electron chi connectivity index (χ4n) is 0.852. The van der Waals surface area contributed by atoms with E-state index < -0.39 is 0 Å². The van der Waals surface area contributed by atoms with Gasteiger partial charge in [0.25, 0.3) is 0 Å². The molecular formula is C7H11N3S2. The van der Waals surface area contributed by atoms with Gasteiger partial charge < -0.3 is 5.73 Å². The van der Waals surface area contributed by atoms with Crippen LogP contribution in [0.15, 0.2) is 6.07 Å². The number of aromatic nitrogens is 2. The standard InChI is InChI=1S/C7H11N3S2/c1-5-3-6(4-12-11-2)10-7(8)9-5/h3H,4H2,1-2H3,(H2,8,9,10). The second kappa shape index (κ2) is 4.57. The number of nitrogens with two attached hydrogens (primary N) is 1. The molecule has 0 atom stereocenters. The largest absolute Gasteiger partial charge is 0.368 e. The second-order valence-corrected chi connectivity index (χ2v) is 4.85. The summed E-state index contributed by atoms with van der Waals surface area (Å²) in [5.41, 5.74) is 7.42. The highest BCUT2D eigenvalue weighted by Gasteiger charge is 1.98. The van der Waals surface area contributed by atoms with Crippen LogP contribution in [0.4, 0.5) is 5.95 Å². The Hall–Kier alpha value is -0.420. The monoisotopic (exact) mass is 201 g/mol. The van der Waals surface area contributed by atoms with Crippen molar-refractivity contribution in [2.24, 2.45) is 0 Å². The van der Waals surface area contributed by atoms with Gasteiger partial charge in [0, 0.05) is 11.4 Å². The first-order chi connectivity index (χ1) is 5.72. The summed E-state index contributed by atoms with van der Waals surface area (Å²) in [7, 11) is 3.47. The highest BCUT2D eigenvalue weighted by atomic mass is 33.1. The van der Waals surface area contributed by atoms with Gasteiger partial charge in [-0.3, -0.25) is 0 Å². The Morgan fingerprint density at radius 1 is 1.50 bits per heavy atom. The lowest BCUT2D eigenvalue weighted by atomic mass is 10.4. The van der Waals surface area contributed by atoms with E-state index in [1.54, 1.807) is 21.6 Å². The highest BCUT2D eigenvalue weighted by molar-refractivity contribution is 8.76. The lowest BCUT2D eigenvalue weighted by Gasteiger charge is -2.00. The van der Waals surface area contributed by atoms with Crippen LogP contribution < -0.4 is 5.73 Å². The third-order valence-corrected chi connectivity index (χ3v) is 2.96. The van der Waals surface area contributed by atoms with Crippen LogP contribution in [-0.2, 0) is 5.75 Å². The molecule has 1 rings (SSSR count). The summed E-state index contributed by atoms with van der Waals surface area (Å²) >= 11 is 0. The average Bonchev–Trinajstić information content (AvgIpc) is 1.99. The first-order valence-corrected chi connectivity index (χ1v) is 6.20. The van der Waals surface area contributed by atoms with Crippen molar-refractivity contribution < 1.29 is 0 Å². The molecule has 0 aliphatic carbocycles. The fraction of sp³-hybridized carbons (Fsp3) is 0.429. The van der Waals surface area contributed by atoms with Crippen molar-refractivity contribution >= 4 is 27.5 Å². The number of nitrogen functional groups attached to an aromatic ring is 1. The Bertz CT molecular complexity index is 245.